The molecular weight excluding hydrogens is 432 g/mol. The van der Waals surface area contributed by atoms with Gasteiger partial charge in [0.25, 0.3) is 0 Å². The quantitative estimate of drug-likeness (QED) is 0.149. The zero-order valence-electron chi connectivity index (χ0n) is 20.7. The first-order chi connectivity index (χ1) is 16.1. The molecule has 1 saturated carbocycles. The largest absolute Gasteiger partial charge is 0.508 e. The second-order valence-electron chi connectivity index (χ2n) is 10.2. The molecule has 186 valence electrons. The van der Waals surface area contributed by atoms with E-state index in [4.69, 9.17) is 4.74 Å². The van der Waals surface area contributed by atoms with Gasteiger partial charge in [-0.05, 0) is 79.2 Å². The van der Waals surface area contributed by atoms with Gasteiger partial charge in [0.05, 0.1) is 5.56 Å². The Hall–Kier alpha value is -2.89. The van der Waals surface area contributed by atoms with Gasteiger partial charge in [0.15, 0.2) is 17.2 Å². The molecule has 0 heterocycles. The molecule has 34 heavy (non-hydrogen) atoms. The molecule has 0 radical (unpaired) electrons. The first-order valence-corrected chi connectivity index (χ1v) is 12.4. The minimum atomic E-state index is -0.776. The number of unbranched alkanes of at least 4 members (excludes halogenated alkanes) is 2. The van der Waals surface area contributed by atoms with E-state index in [1.807, 2.05) is 6.07 Å². The molecule has 0 unspecified atom stereocenters. The maximum absolute atomic E-state index is 13.0. The Balaban J connectivity index is 2.04. The second kappa shape index (κ2) is 11.0. The van der Waals surface area contributed by atoms with Crippen molar-refractivity contribution in [2.45, 2.75) is 78.6 Å². The van der Waals surface area contributed by atoms with Crippen molar-refractivity contribution in [3.8, 4) is 28.7 Å². The van der Waals surface area contributed by atoms with Crippen molar-refractivity contribution in [2.24, 2.45) is 17.8 Å². The van der Waals surface area contributed by atoms with Crippen molar-refractivity contribution in [1.29, 1.82) is 0 Å². The molecule has 3 rings (SSSR count). The number of rotatable bonds is 8. The normalized spacial score (nSPS) is 20.4. The van der Waals surface area contributed by atoms with Crippen LogP contribution in [0.2, 0.25) is 0 Å². The van der Waals surface area contributed by atoms with Gasteiger partial charge < -0.3 is 25.2 Å². The highest BCUT2D eigenvalue weighted by molar-refractivity contribution is 5.93. The van der Waals surface area contributed by atoms with Gasteiger partial charge in [0.2, 0.25) is 0 Å². The van der Waals surface area contributed by atoms with Crippen LogP contribution in [-0.2, 0) is 6.42 Å². The number of hydrogen-bond donors (Lipinski definition) is 4. The van der Waals surface area contributed by atoms with Gasteiger partial charge >= 0.3 is 5.97 Å². The number of benzene rings is 2. The van der Waals surface area contributed by atoms with Gasteiger partial charge in [-0.2, -0.15) is 0 Å². The molecule has 0 aliphatic heterocycles. The summed E-state index contributed by atoms with van der Waals surface area (Å²) in [6, 6.07) is 5.76. The lowest BCUT2D eigenvalue weighted by atomic mass is 9.67. The molecule has 0 saturated heterocycles. The van der Waals surface area contributed by atoms with E-state index in [0.717, 1.165) is 62.6 Å². The molecule has 0 bridgehead atoms. The number of esters is 1. The topological polar surface area (TPSA) is 107 Å². The maximum Gasteiger partial charge on any atom is 0.343 e. The van der Waals surface area contributed by atoms with E-state index in [2.05, 4.69) is 27.7 Å². The summed E-state index contributed by atoms with van der Waals surface area (Å²) >= 11 is 0. The zero-order valence-corrected chi connectivity index (χ0v) is 20.7. The lowest BCUT2D eigenvalue weighted by Gasteiger charge is -2.38. The third-order valence-electron chi connectivity index (χ3n) is 7.15. The Morgan fingerprint density at radius 3 is 2.29 bits per heavy atom. The molecule has 3 atom stereocenters. The Bertz CT molecular complexity index is 989. The molecule has 6 heteroatoms. The number of carbonyl (C=O) groups excluding carboxylic acids is 1. The van der Waals surface area contributed by atoms with Crippen molar-refractivity contribution < 1.29 is 30.0 Å². The summed E-state index contributed by atoms with van der Waals surface area (Å²) in [5.74, 6) is -0.885. The van der Waals surface area contributed by atoms with E-state index in [0.29, 0.717) is 29.1 Å². The Kier molecular flexibility index (Phi) is 8.34. The van der Waals surface area contributed by atoms with E-state index in [9.17, 15) is 25.2 Å². The molecule has 1 aliphatic carbocycles. The highest BCUT2D eigenvalue weighted by atomic mass is 16.5. The summed E-state index contributed by atoms with van der Waals surface area (Å²) in [6.07, 6.45) is 6.97. The van der Waals surface area contributed by atoms with Crippen LogP contribution in [0.1, 0.15) is 93.6 Å². The average molecular weight is 471 g/mol. The van der Waals surface area contributed by atoms with Crippen LogP contribution >= 0.6 is 0 Å². The predicted octanol–water partition coefficient (Wildman–Crippen LogP) is 6.64. The van der Waals surface area contributed by atoms with Crippen molar-refractivity contribution in [1.82, 2.24) is 0 Å². The molecule has 0 aromatic heterocycles. The molecule has 4 N–H and O–H groups in total. The van der Waals surface area contributed by atoms with Gasteiger partial charge in [-0.15, -0.1) is 0 Å². The summed E-state index contributed by atoms with van der Waals surface area (Å²) < 4.78 is 5.82. The molecule has 0 amide bonds. The maximum atomic E-state index is 13.0. The number of hydrogen-bond acceptors (Lipinski definition) is 6. The lowest BCUT2D eigenvalue weighted by molar-refractivity contribution is 0.0728. The predicted molar refractivity (Wildman–Crippen MR) is 132 cm³/mol. The average Bonchev–Trinajstić information content (AvgIpc) is 2.76. The SMILES string of the molecule is CCCCCc1cc(O)c([C@@H]2C[C@H](C)CC[C@H]2C(C)C)c(OC(=O)c2cc(O)c(O)c(O)c2)c1. The number of carbonyl (C=O) groups is 1. The van der Waals surface area contributed by atoms with Crippen LogP contribution in [-0.4, -0.2) is 26.4 Å². The fraction of sp³-hybridized carbons (Fsp3) is 0.536. The molecule has 2 aromatic rings. The van der Waals surface area contributed by atoms with E-state index < -0.39 is 23.2 Å². The summed E-state index contributed by atoms with van der Waals surface area (Å²) in [6.45, 7) is 8.73. The Labute approximate surface area is 202 Å². The van der Waals surface area contributed by atoms with Crippen LogP contribution in [0.3, 0.4) is 0 Å². The summed E-state index contributed by atoms with van der Waals surface area (Å²) in [7, 11) is 0. The van der Waals surface area contributed by atoms with Crippen molar-refractivity contribution >= 4 is 5.97 Å². The van der Waals surface area contributed by atoms with E-state index in [1.165, 1.54) is 0 Å². The van der Waals surface area contributed by atoms with Gasteiger partial charge in [-0.1, -0.05) is 47.0 Å². The number of ether oxygens (including phenoxy) is 1. The van der Waals surface area contributed by atoms with Crippen LogP contribution < -0.4 is 4.74 Å². The lowest BCUT2D eigenvalue weighted by Crippen LogP contribution is -2.27. The van der Waals surface area contributed by atoms with Gasteiger partial charge in [-0.25, -0.2) is 4.79 Å². The van der Waals surface area contributed by atoms with Gasteiger partial charge in [-0.3, -0.25) is 0 Å². The van der Waals surface area contributed by atoms with E-state index in [1.54, 1.807) is 6.07 Å². The molecule has 1 aliphatic rings. The summed E-state index contributed by atoms with van der Waals surface area (Å²) in [5.41, 5.74) is 1.47. The molecular formula is C28H38O6. The van der Waals surface area contributed by atoms with Crippen molar-refractivity contribution in [3.05, 3.63) is 41.0 Å². The minimum Gasteiger partial charge on any atom is -0.508 e. The van der Waals surface area contributed by atoms with Crippen LogP contribution in [0.4, 0.5) is 0 Å². The Morgan fingerprint density at radius 2 is 1.68 bits per heavy atom. The number of phenolic OH excluding ortho intramolecular Hbond substituents is 4. The monoisotopic (exact) mass is 470 g/mol. The van der Waals surface area contributed by atoms with Crippen LogP contribution in [0.25, 0.3) is 0 Å². The van der Waals surface area contributed by atoms with E-state index >= 15 is 0 Å². The van der Waals surface area contributed by atoms with Crippen LogP contribution in [0.15, 0.2) is 24.3 Å². The molecule has 6 nitrogen and oxygen atoms in total. The first-order valence-electron chi connectivity index (χ1n) is 12.4. The third-order valence-corrected chi connectivity index (χ3v) is 7.15. The highest BCUT2D eigenvalue weighted by Gasteiger charge is 2.36. The standard InChI is InChI=1S/C28H38O6/c1-5-6-7-8-18-12-22(29)26(21-11-17(4)9-10-20(21)16(2)3)25(13-18)34-28(33)19-14-23(30)27(32)24(31)15-19/h12-17,20-21,29-32H,5-11H2,1-4H3/t17-,20+,21-/m1/s1. The second-order valence-corrected chi connectivity index (χ2v) is 10.2. The smallest absolute Gasteiger partial charge is 0.343 e. The fourth-order valence-electron chi connectivity index (χ4n) is 5.26. The zero-order chi connectivity index (χ0) is 25.0. The van der Waals surface area contributed by atoms with Crippen LogP contribution in [0, 0.1) is 17.8 Å². The summed E-state index contributed by atoms with van der Waals surface area (Å²) in [4.78, 5) is 13.0. The minimum absolute atomic E-state index is 0.0536. The highest BCUT2D eigenvalue weighted by Crippen LogP contribution is 2.50. The fourth-order valence-corrected chi connectivity index (χ4v) is 5.26. The molecule has 2 aromatic carbocycles. The van der Waals surface area contributed by atoms with Gasteiger partial charge in [0.1, 0.15) is 11.5 Å². The van der Waals surface area contributed by atoms with E-state index in [-0.39, 0.29) is 17.2 Å². The van der Waals surface area contributed by atoms with Crippen molar-refractivity contribution in [3.63, 3.8) is 0 Å². The Morgan fingerprint density at radius 1 is 1.00 bits per heavy atom. The van der Waals surface area contributed by atoms with Gasteiger partial charge in [0, 0.05) is 5.56 Å². The third kappa shape index (κ3) is 5.78. The summed E-state index contributed by atoms with van der Waals surface area (Å²) in [5, 5.41) is 40.4. The molecule has 1 fully saturated rings. The first kappa shape index (κ1) is 25.7. The van der Waals surface area contributed by atoms with Crippen LogP contribution in [0.5, 0.6) is 28.7 Å². The van der Waals surface area contributed by atoms with Crippen molar-refractivity contribution in [2.75, 3.05) is 0 Å². The number of aromatic hydroxyl groups is 4. The number of phenols is 4. The molecule has 0 spiro atoms. The number of aryl methyl sites for hydroxylation is 1.